The molecule has 3 rings (SSSR count). The van der Waals surface area contributed by atoms with Crippen molar-refractivity contribution in [1.29, 1.82) is 0 Å². The minimum atomic E-state index is -1.08. The van der Waals surface area contributed by atoms with Gasteiger partial charge in [-0.3, -0.25) is 0 Å². The van der Waals surface area contributed by atoms with Gasteiger partial charge >= 0.3 is 0 Å². The van der Waals surface area contributed by atoms with Crippen LogP contribution >= 0.6 is 0 Å². The summed E-state index contributed by atoms with van der Waals surface area (Å²) in [5, 5.41) is 13.6. The summed E-state index contributed by atoms with van der Waals surface area (Å²) in [5.41, 5.74) is 7.53. The van der Waals surface area contributed by atoms with E-state index in [2.05, 4.69) is 30.2 Å². The molecule has 0 radical (unpaired) electrons. The molecule has 3 aromatic heterocycles. The first-order valence-corrected chi connectivity index (χ1v) is 8.66. The molecule has 3 heterocycles. The van der Waals surface area contributed by atoms with E-state index in [1.165, 1.54) is 0 Å². The topological polar surface area (TPSA) is 132 Å². The predicted octanol–water partition coefficient (Wildman–Crippen LogP) is 2.51. The van der Waals surface area contributed by atoms with Crippen LogP contribution in [0.25, 0.3) is 11.4 Å². The lowest BCUT2D eigenvalue weighted by molar-refractivity contribution is 0.0783. The lowest BCUT2D eigenvalue weighted by Gasteiger charge is -2.20. The average Bonchev–Trinajstić information content (AvgIpc) is 2.60. The fraction of sp³-hybridized carbons (Fsp3) is 0.316. The van der Waals surface area contributed by atoms with E-state index in [4.69, 9.17) is 10.5 Å². The van der Waals surface area contributed by atoms with Gasteiger partial charge in [-0.05, 0) is 39.8 Å². The lowest BCUT2D eigenvalue weighted by atomic mass is 9.98. The second-order valence-electron chi connectivity index (χ2n) is 6.92. The second kappa shape index (κ2) is 7.35. The molecular formula is C19H23N7O2. The highest BCUT2D eigenvalue weighted by Gasteiger charge is 2.21. The first-order chi connectivity index (χ1) is 13.2. The summed E-state index contributed by atoms with van der Waals surface area (Å²) < 4.78 is 5.20. The maximum Gasteiger partial charge on any atom is 0.223 e. The lowest BCUT2D eigenvalue weighted by Crippen LogP contribution is -2.16. The Morgan fingerprint density at radius 2 is 1.82 bits per heavy atom. The van der Waals surface area contributed by atoms with E-state index in [0.29, 0.717) is 34.5 Å². The molecule has 0 aliphatic heterocycles. The first-order valence-electron chi connectivity index (χ1n) is 8.66. The average molecular weight is 381 g/mol. The van der Waals surface area contributed by atoms with Crippen molar-refractivity contribution in [3.63, 3.8) is 0 Å². The molecule has 28 heavy (non-hydrogen) atoms. The summed E-state index contributed by atoms with van der Waals surface area (Å²) in [6, 6.07) is 3.68. The number of aliphatic hydroxyl groups is 1. The quantitative estimate of drug-likeness (QED) is 0.609. The monoisotopic (exact) mass is 381 g/mol. The summed E-state index contributed by atoms with van der Waals surface area (Å²) in [7, 11) is 1.57. The van der Waals surface area contributed by atoms with E-state index in [0.717, 1.165) is 11.3 Å². The van der Waals surface area contributed by atoms with Crippen molar-refractivity contribution >= 4 is 17.5 Å². The number of aromatic nitrogens is 5. The van der Waals surface area contributed by atoms with E-state index >= 15 is 0 Å². The smallest absolute Gasteiger partial charge is 0.223 e. The Morgan fingerprint density at radius 3 is 2.43 bits per heavy atom. The van der Waals surface area contributed by atoms with Gasteiger partial charge in [-0.15, -0.1) is 0 Å². The highest BCUT2D eigenvalue weighted by Crippen LogP contribution is 2.31. The van der Waals surface area contributed by atoms with Gasteiger partial charge in [0.05, 0.1) is 30.2 Å². The van der Waals surface area contributed by atoms with Crippen molar-refractivity contribution in [2.45, 2.75) is 33.3 Å². The Bertz CT molecular complexity index is 995. The zero-order valence-electron chi connectivity index (χ0n) is 16.5. The van der Waals surface area contributed by atoms with Crippen molar-refractivity contribution in [2.24, 2.45) is 0 Å². The zero-order valence-corrected chi connectivity index (χ0v) is 16.5. The summed E-state index contributed by atoms with van der Waals surface area (Å²) in [6.45, 7) is 7.01. The molecule has 0 bridgehead atoms. The second-order valence-corrected chi connectivity index (χ2v) is 6.92. The molecule has 0 saturated carbocycles. The molecule has 9 heteroatoms. The SMILES string of the molecule is COc1ncc(Nc2ncc(C(C)(C)O)cc2-c2nc(C)nc(N)n2)cc1C. The number of anilines is 3. The number of hydrogen-bond acceptors (Lipinski definition) is 9. The minimum Gasteiger partial charge on any atom is -0.481 e. The normalized spacial score (nSPS) is 11.4. The molecular weight excluding hydrogens is 358 g/mol. The van der Waals surface area contributed by atoms with Crippen LogP contribution in [0.5, 0.6) is 5.88 Å². The summed E-state index contributed by atoms with van der Waals surface area (Å²) >= 11 is 0. The first kappa shape index (κ1) is 19.4. The van der Waals surface area contributed by atoms with Crippen LogP contribution in [0.2, 0.25) is 0 Å². The van der Waals surface area contributed by atoms with Gasteiger partial charge in [-0.1, -0.05) is 0 Å². The van der Waals surface area contributed by atoms with Crippen LogP contribution in [-0.2, 0) is 5.60 Å². The molecule has 0 unspecified atom stereocenters. The predicted molar refractivity (Wildman–Crippen MR) is 106 cm³/mol. The Labute approximate surface area is 163 Å². The number of ether oxygens (including phenoxy) is 1. The van der Waals surface area contributed by atoms with Gasteiger partial charge < -0.3 is 20.9 Å². The Morgan fingerprint density at radius 1 is 1.07 bits per heavy atom. The number of hydrogen-bond donors (Lipinski definition) is 3. The fourth-order valence-electron chi connectivity index (χ4n) is 2.67. The molecule has 3 aromatic rings. The number of methoxy groups -OCH3 is 1. The van der Waals surface area contributed by atoms with Gasteiger partial charge in [0.15, 0.2) is 5.82 Å². The minimum absolute atomic E-state index is 0.115. The van der Waals surface area contributed by atoms with E-state index in [1.807, 2.05) is 13.0 Å². The maximum atomic E-state index is 10.4. The standard InChI is InChI=1S/C19H23N7O2/c1-10-6-13(9-22-17(10)28-5)25-15-14(7-12(8-21-15)19(3,4)27)16-23-11(2)24-18(20)26-16/h6-9,27H,1-5H3,(H,21,25)(H2,20,23,24,26). The molecule has 0 aliphatic carbocycles. The van der Waals surface area contributed by atoms with E-state index in [1.54, 1.807) is 46.3 Å². The Kier molecular flexibility index (Phi) is 5.10. The van der Waals surface area contributed by atoms with Crippen LogP contribution in [0.15, 0.2) is 24.5 Å². The molecule has 9 nitrogen and oxygen atoms in total. The largest absolute Gasteiger partial charge is 0.481 e. The third-order valence-electron chi connectivity index (χ3n) is 4.09. The molecule has 0 atom stereocenters. The van der Waals surface area contributed by atoms with Crippen LogP contribution < -0.4 is 15.8 Å². The molecule has 4 N–H and O–H groups in total. The van der Waals surface area contributed by atoms with E-state index < -0.39 is 5.60 Å². The van der Waals surface area contributed by atoms with Crippen LogP contribution in [0, 0.1) is 13.8 Å². The Balaban J connectivity index is 2.11. The summed E-state index contributed by atoms with van der Waals surface area (Å²) in [5.74, 6) is 2.03. The van der Waals surface area contributed by atoms with Crippen molar-refractivity contribution in [2.75, 3.05) is 18.2 Å². The van der Waals surface area contributed by atoms with Gasteiger partial charge in [0.25, 0.3) is 0 Å². The van der Waals surface area contributed by atoms with Gasteiger partial charge in [0, 0.05) is 17.3 Å². The number of nitrogen functional groups attached to an aromatic ring is 1. The number of nitrogens with zero attached hydrogens (tertiary/aromatic N) is 5. The van der Waals surface area contributed by atoms with Crippen molar-refractivity contribution in [1.82, 2.24) is 24.9 Å². The van der Waals surface area contributed by atoms with Crippen LogP contribution in [0.1, 0.15) is 30.8 Å². The van der Waals surface area contributed by atoms with Crippen molar-refractivity contribution in [3.05, 3.63) is 41.5 Å². The van der Waals surface area contributed by atoms with Gasteiger partial charge in [0.2, 0.25) is 11.8 Å². The van der Waals surface area contributed by atoms with E-state index in [-0.39, 0.29) is 5.95 Å². The molecule has 0 aromatic carbocycles. The number of nitrogens with one attached hydrogen (secondary N) is 1. The molecule has 0 saturated heterocycles. The molecule has 0 spiro atoms. The van der Waals surface area contributed by atoms with Crippen molar-refractivity contribution in [3.8, 4) is 17.3 Å². The zero-order chi connectivity index (χ0) is 20.5. The van der Waals surface area contributed by atoms with Gasteiger partial charge in [0.1, 0.15) is 11.6 Å². The van der Waals surface area contributed by atoms with Crippen LogP contribution in [0.4, 0.5) is 17.5 Å². The summed E-state index contributed by atoms with van der Waals surface area (Å²) in [6.07, 6.45) is 3.25. The van der Waals surface area contributed by atoms with Crippen LogP contribution in [-0.4, -0.2) is 37.1 Å². The highest BCUT2D eigenvalue weighted by atomic mass is 16.5. The number of rotatable bonds is 5. The number of nitrogens with two attached hydrogens (primary N) is 1. The Hall–Kier alpha value is -3.33. The highest BCUT2D eigenvalue weighted by molar-refractivity contribution is 5.75. The fourth-order valence-corrected chi connectivity index (χ4v) is 2.67. The van der Waals surface area contributed by atoms with Gasteiger partial charge in [-0.2, -0.15) is 9.97 Å². The van der Waals surface area contributed by atoms with E-state index in [9.17, 15) is 5.11 Å². The van der Waals surface area contributed by atoms with Crippen molar-refractivity contribution < 1.29 is 9.84 Å². The van der Waals surface area contributed by atoms with Crippen LogP contribution in [0.3, 0.4) is 0 Å². The third kappa shape index (κ3) is 4.15. The number of pyridine rings is 2. The third-order valence-corrected chi connectivity index (χ3v) is 4.09. The van der Waals surface area contributed by atoms with Gasteiger partial charge in [-0.25, -0.2) is 15.0 Å². The maximum absolute atomic E-state index is 10.4. The molecule has 0 fully saturated rings. The number of aryl methyl sites for hydroxylation is 2. The molecule has 0 aliphatic rings. The molecule has 146 valence electrons. The molecule has 0 amide bonds. The summed E-state index contributed by atoms with van der Waals surface area (Å²) in [4.78, 5) is 21.4.